The number of non-ortho nitro benzene ring substituents is 1. The van der Waals surface area contributed by atoms with Crippen LogP contribution in [0.5, 0.6) is 5.75 Å². The van der Waals surface area contributed by atoms with Crippen molar-refractivity contribution in [2.45, 2.75) is 13.0 Å². The Hall–Kier alpha value is -2.15. The number of carboxylic acid groups (broad SMARTS) is 1. The van der Waals surface area contributed by atoms with Gasteiger partial charge in [-0.3, -0.25) is 19.8 Å². The Bertz CT molecular complexity index is 446. The highest BCUT2D eigenvalue weighted by atomic mass is 16.6. The van der Waals surface area contributed by atoms with Crippen LogP contribution in [0.4, 0.5) is 5.69 Å². The van der Waals surface area contributed by atoms with E-state index in [9.17, 15) is 14.9 Å². The smallest absolute Gasteiger partial charge is 0.320 e. The lowest BCUT2D eigenvalue weighted by atomic mass is 10.3. The summed E-state index contributed by atoms with van der Waals surface area (Å²) in [6.07, 6.45) is 0. The Morgan fingerprint density at radius 1 is 1.47 bits per heavy atom. The second-order valence-corrected chi connectivity index (χ2v) is 4.09. The minimum absolute atomic E-state index is 0.00367. The molecule has 0 bridgehead atoms. The highest BCUT2D eigenvalue weighted by molar-refractivity contribution is 5.72. The number of nitro benzene ring substituents is 1. The van der Waals surface area contributed by atoms with Crippen molar-refractivity contribution < 1.29 is 19.6 Å². The van der Waals surface area contributed by atoms with Crippen LogP contribution in [0, 0.1) is 10.1 Å². The highest BCUT2D eigenvalue weighted by Crippen LogP contribution is 2.17. The first-order chi connectivity index (χ1) is 8.91. The van der Waals surface area contributed by atoms with Crippen molar-refractivity contribution in [2.24, 2.45) is 0 Å². The van der Waals surface area contributed by atoms with Crippen molar-refractivity contribution in [3.63, 3.8) is 0 Å². The standard InChI is InChI=1S/C12H16N2O5/c1-9(12(15)16)13(2)7-8-19-11-5-3-10(4-6-11)14(17)18/h3-6,9H,7-8H2,1-2H3,(H,15,16). The third-order valence-corrected chi connectivity index (χ3v) is 2.78. The molecule has 1 aromatic rings. The maximum Gasteiger partial charge on any atom is 0.320 e. The average Bonchev–Trinajstić information content (AvgIpc) is 2.38. The van der Waals surface area contributed by atoms with E-state index in [1.807, 2.05) is 0 Å². The lowest BCUT2D eigenvalue weighted by Gasteiger charge is -2.20. The molecule has 104 valence electrons. The fraction of sp³-hybridized carbons (Fsp3) is 0.417. The molecule has 7 heteroatoms. The van der Waals surface area contributed by atoms with E-state index in [4.69, 9.17) is 9.84 Å². The third kappa shape index (κ3) is 4.55. The van der Waals surface area contributed by atoms with Gasteiger partial charge in [-0.15, -0.1) is 0 Å². The minimum atomic E-state index is -0.891. The van der Waals surface area contributed by atoms with Gasteiger partial charge in [0.2, 0.25) is 0 Å². The molecule has 1 N–H and O–H groups in total. The number of hydrogen-bond acceptors (Lipinski definition) is 5. The molecule has 0 saturated heterocycles. The second kappa shape index (κ2) is 6.69. The molecule has 1 unspecified atom stereocenters. The van der Waals surface area contributed by atoms with E-state index in [0.29, 0.717) is 18.9 Å². The summed E-state index contributed by atoms with van der Waals surface area (Å²) in [5.41, 5.74) is 0.00367. The SMILES string of the molecule is CC(C(=O)O)N(C)CCOc1ccc([N+](=O)[O-])cc1. The second-order valence-electron chi connectivity index (χ2n) is 4.09. The molecule has 1 aromatic carbocycles. The fourth-order valence-electron chi connectivity index (χ4n) is 1.35. The molecule has 0 amide bonds. The molecule has 0 heterocycles. The number of nitro groups is 1. The highest BCUT2D eigenvalue weighted by Gasteiger charge is 2.16. The van der Waals surface area contributed by atoms with Crippen LogP contribution >= 0.6 is 0 Å². The summed E-state index contributed by atoms with van der Waals surface area (Å²) in [5, 5.41) is 19.3. The average molecular weight is 268 g/mol. The summed E-state index contributed by atoms with van der Waals surface area (Å²) < 4.78 is 5.38. The first-order valence-corrected chi connectivity index (χ1v) is 5.72. The van der Waals surface area contributed by atoms with Crippen LogP contribution in [0.15, 0.2) is 24.3 Å². The van der Waals surface area contributed by atoms with Crippen molar-refractivity contribution >= 4 is 11.7 Å². The number of carboxylic acids is 1. The largest absolute Gasteiger partial charge is 0.492 e. The van der Waals surface area contributed by atoms with E-state index >= 15 is 0 Å². The predicted octanol–water partition coefficient (Wildman–Crippen LogP) is 1.38. The zero-order valence-corrected chi connectivity index (χ0v) is 10.8. The summed E-state index contributed by atoms with van der Waals surface area (Å²) in [7, 11) is 1.69. The van der Waals surface area contributed by atoms with Crippen LogP contribution in [-0.4, -0.2) is 47.1 Å². The topological polar surface area (TPSA) is 92.9 Å². The molecule has 1 rings (SSSR count). The summed E-state index contributed by atoms with van der Waals surface area (Å²) in [5.74, 6) is -0.375. The van der Waals surface area contributed by atoms with Gasteiger partial charge < -0.3 is 9.84 Å². The number of benzene rings is 1. The molecular formula is C12H16N2O5. The van der Waals surface area contributed by atoms with Gasteiger partial charge in [0.15, 0.2) is 0 Å². The van der Waals surface area contributed by atoms with Crippen molar-refractivity contribution in [3.05, 3.63) is 34.4 Å². The molecule has 19 heavy (non-hydrogen) atoms. The Morgan fingerprint density at radius 3 is 2.53 bits per heavy atom. The molecule has 0 spiro atoms. The van der Waals surface area contributed by atoms with E-state index in [1.54, 1.807) is 18.9 Å². The number of hydrogen-bond donors (Lipinski definition) is 1. The molecule has 0 aliphatic rings. The number of aliphatic carboxylic acids is 1. The first kappa shape index (κ1) is 14.9. The van der Waals surface area contributed by atoms with Gasteiger partial charge in [0.25, 0.3) is 5.69 Å². The van der Waals surface area contributed by atoms with E-state index < -0.39 is 16.9 Å². The van der Waals surface area contributed by atoms with Gasteiger partial charge in [0.05, 0.1) is 4.92 Å². The van der Waals surface area contributed by atoms with Gasteiger partial charge in [-0.1, -0.05) is 0 Å². The van der Waals surface area contributed by atoms with Gasteiger partial charge in [0.1, 0.15) is 18.4 Å². The number of carbonyl (C=O) groups is 1. The molecule has 7 nitrogen and oxygen atoms in total. The number of likely N-dealkylation sites (N-methyl/N-ethyl adjacent to an activating group) is 1. The summed E-state index contributed by atoms with van der Waals surface area (Å²) >= 11 is 0. The lowest BCUT2D eigenvalue weighted by Crippen LogP contribution is -2.38. The molecule has 0 radical (unpaired) electrons. The first-order valence-electron chi connectivity index (χ1n) is 5.72. The van der Waals surface area contributed by atoms with Crippen molar-refractivity contribution in [2.75, 3.05) is 20.2 Å². The summed E-state index contributed by atoms with van der Waals surface area (Å²) in [6, 6.07) is 5.16. The molecule has 1 atom stereocenters. The normalized spacial score (nSPS) is 12.2. The van der Waals surface area contributed by atoms with Crippen LogP contribution in [0.1, 0.15) is 6.92 Å². The third-order valence-electron chi connectivity index (χ3n) is 2.78. The van der Waals surface area contributed by atoms with Crippen LogP contribution < -0.4 is 4.74 Å². The van der Waals surface area contributed by atoms with E-state index in [2.05, 4.69) is 0 Å². The number of nitrogens with zero attached hydrogens (tertiary/aromatic N) is 2. The molecule has 0 aliphatic heterocycles. The van der Waals surface area contributed by atoms with Crippen molar-refractivity contribution in [1.29, 1.82) is 0 Å². The zero-order valence-electron chi connectivity index (χ0n) is 10.8. The zero-order chi connectivity index (χ0) is 14.4. The van der Waals surface area contributed by atoms with Crippen LogP contribution in [0.3, 0.4) is 0 Å². The van der Waals surface area contributed by atoms with Gasteiger partial charge in [0, 0.05) is 18.7 Å². The maximum absolute atomic E-state index is 10.7. The number of ether oxygens (including phenoxy) is 1. The van der Waals surface area contributed by atoms with Gasteiger partial charge in [-0.05, 0) is 26.1 Å². The van der Waals surface area contributed by atoms with E-state index in [-0.39, 0.29) is 5.69 Å². The Morgan fingerprint density at radius 2 is 2.05 bits per heavy atom. The number of rotatable bonds is 7. The molecular weight excluding hydrogens is 252 g/mol. The predicted molar refractivity (Wildman–Crippen MR) is 68.3 cm³/mol. The molecule has 0 aliphatic carbocycles. The minimum Gasteiger partial charge on any atom is -0.492 e. The maximum atomic E-state index is 10.7. The Balaban J connectivity index is 2.41. The Labute approximate surface area is 110 Å². The lowest BCUT2D eigenvalue weighted by molar-refractivity contribution is -0.384. The molecule has 0 saturated carbocycles. The van der Waals surface area contributed by atoms with Crippen molar-refractivity contribution in [3.8, 4) is 5.75 Å². The van der Waals surface area contributed by atoms with Gasteiger partial charge in [-0.2, -0.15) is 0 Å². The summed E-state index contributed by atoms with van der Waals surface area (Å²) in [4.78, 5) is 22.4. The van der Waals surface area contributed by atoms with Gasteiger partial charge >= 0.3 is 5.97 Å². The fourth-order valence-corrected chi connectivity index (χ4v) is 1.35. The van der Waals surface area contributed by atoms with E-state index in [0.717, 1.165) is 0 Å². The van der Waals surface area contributed by atoms with E-state index in [1.165, 1.54) is 24.3 Å². The van der Waals surface area contributed by atoms with Crippen molar-refractivity contribution in [1.82, 2.24) is 4.90 Å². The quantitative estimate of drug-likeness (QED) is 0.593. The van der Waals surface area contributed by atoms with Gasteiger partial charge in [-0.25, -0.2) is 0 Å². The van der Waals surface area contributed by atoms with Crippen LogP contribution in [0.2, 0.25) is 0 Å². The monoisotopic (exact) mass is 268 g/mol. The van der Waals surface area contributed by atoms with Crippen LogP contribution in [0.25, 0.3) is 0 Å². The molecule has 0 aromatic heterocycles. The Kier molecular flexibility index (Phi) is 5.25. The summed E-state index contributed by atoms with van der Waals surface area (Å²) in [6.45, 7) is 2.35. The molecule has 0 fully saturated rings. The van der Waals surface area contributed by atoms with Crippen LogP contribution in [-0.2, 0) is 4.79 Å².